The van der Waals surface area contributed by atoms with E-state index >= 15 is 0 Å². The summed E-state index contributed by atoms with van der Waals surface area (Å²) in [6.45, 7) is -0.568. The van der Waals surface area contributed by atoms with Gasteiger partial charge in [0.15, 0.2) is 0 Å². The van der Waals surface area contributed by atoms with Crippen molar-refractivity contribution < 1.29 is 26.4 Å². The summed E-state index contributed by atoms with van der Waals surface area (Å²) in [6.07, 6.45) is -3.88. The molecule has 0 aliphatic carbocycles. The van der Waals surface area contributed by atoms with E-state index in [1.807, 2.05) is 6.07 Å². The van der Waals surface area contributed by atoms with Gasteiger partial charge in [-0.05, 0) is 30.2 Å². The molecule has 1 atom stereocenters. The first-order chi connectivity index (χ1) is 14.1. The summed E-state index contributed by atoms with van der Waals surface area (Å²) in [5.41, 5.74) is 0.923. The Labute approximate surface area is 173 Å². The van der Waals surface area contributed by atoms with Crippen molar-refractivity contribution in [1.82, 2.24) is 14.9 Å². The Morgan fingerprint density at radius 1 is 1.10 bits per heavy atom. The number of likely N-dealkylation sites (tertiary alicyclic amines) is 1. The molecule has 3 rings (SSSR count). The van der Waals surface area contributed by atoms with Crippen molar-refractivity contribution in [2.24, 2.45) is 0 Å². The summed E-state index contributed by atoms with van der Waals surface area (Å²) in [6, 6.07) is 14.1. The first-order valence-electron chi connectivity index (χ1n) is 9.36. The number of rotatable bonds is 7. The van der Waals surface area contributed by atoms with Crippen LogP contribution < -0.4 is 10.0 Å². The third-order valence-corrected chi connectivity index (χ3v) is 6.13. The predicted octanol–water partition coefficient (Wildman–Crippen LogP) is 2.53. The van der Waals surface area contributed by atoms with Gasteiger partial charge in [0.1, 0.15) is 0 Å². The maximum Gasteiger partial charge on any atom is 0.401 e. The molecule has 0 aromatic heterocycles. The number of amides is 1. The maximum atomic E-state index is 12.5. The predicted molar refractivity (Wildman–Crippen MR) is 105 cm³/mol. The van der Waals surface area contributed by atoms with Crippen molar-refractivity contribution in [2.45, 2.75) is 30.1 Å². The molecule has 0 bridgehead atoms. The average molecular weight is 441 g/mol. The van der Waals surface area contributed by atoms with Crippen molar-refractivity contribution in [3.05, 3.63) is 65.7 Å². The van der Waals surface area contributed by atoms with Crippen LogP contribution in [0.5, 0.6) is 0 Å². The Kier molecular flexibility index (Phi) is 6.79. The minimum absolute atomic E-state index is 0.0591. The van der Waals surface area contributed by atoms with Crippen molar-refractivity contribution in [3.8, 4) is 0 Å². The SMILES string of the molecule is O=C(NC1CCN(CC(F)(F)F)C1)c1cccc(S(=O)(=O)NCc2ccccc2)c1. The summed E-state index contributed by atoms with van der Waals surface area (Å²) >= 11 is 0. The molecule has 1 aliphatic heterocycles. The number of benzene rings is 2. The molecule has 1 aliphatic rings. The summed E-state index contributed by atoms with van der Waals surface area (Å²) in [7, 11) is -3.83. The van der Waals surface area contributed by atoms with Crippen LogP contribution in [0.3, 0.4) is 0 Å². The summed E-state index contributed by atoms with van der Waals surface area (Å²) in [5, 5.41) is 2.68. The number of nitrogens with one attached hydrogen (secondary N) is 2. The monoisotopic (exact) mass is 441 g/mol. The van der Waals surface area contributed by atoms with Crippen molar-refractivity contribution in [3.63, 3.8) is 0 Å². The van der Waals surface area contributed by atoms with Crippen LogP contribution in [0, 0.1) is 0 Å². The van der Waals surface area contributed by atoms with E-state index in [-0.39, 0.29) is 30.1 Å². The fourth-order valence-corrected chi connectivity index (χ4v) is 4.34. The standard InChI is InChI=1S/C20H22F3N3O3S/c21-20(22,23)14-26-10-9-17(13-26)25-19(27)16-7-4-8-18(11-16)30(28,29)24-12-15-5-2-1-3-6-15/h1-8,11,17,24H,9-10,12-14H2,(H,25,27). The number of alkyl halides is 3. The molecule has 162 valence electrons. The lowest BCUT2D eigenvalue weighted by Crippen LogP contribution is -2.39. The Morgan fingerprint density at radius 2 is 1.83 bits per heavy atom. The van der Waals surface area contributed by atoms with Gasteiger partial charge < -0.3 is 5.32 Å². The van der Waals surface area contributed by atoms with Crippen molar-refractivity contribution in [1.29, 1.82) is 0 Å². The molecular weight excluding hydrogens is 419 g/mol. The normalized spacial score (nSPS) is 17.8. The third-order valence-electron chi connectivity index (χ3n) is 4.73. The zero-order valence-corrected chi connectivity index (χ0v) is 16.8. The molecular formula is C20H22F3N3O3S. The van der Waals surface area contributed by atoms with Crippen LogP contribution in [-0.4, -0.2) is 51.1 Å². The number of nitrogens with zero attached hydrogens (tertiary/aromatic N) is 1. The van der Waals surface area contributed by atoms with Gasteiger partial charge in [-0.3, -0.25) is 9.69 Å². The van der Waals surface area contributed by atoms with Gasteiger partial charge >= 0.3 is 6.18 Å². The van der Waals surface area contributed by atoms with Crippen LogP contribution in [0.1, 0.15) is 22.3 Å². The molecule has 1 unspecified atom stereocenters. The van der Waals surface area contributed by atoms with Gasteiger partial charge in [-0.1, -0.05) is 36.4 Å². The summed E-state index contributed by atoms with van der Waals surface area (Å²) in [5.74, 6) is -0.519. The zero-order valence-electron chi connectivity index (χ0n) is 16.0. The van der Waals surface area contributed by atoms with Gasteiger partial charge in [-0.25, -0.2) is 13.1 Å². The molecule has 0 spiro atoms. The van der Waals surface area contributed by atoms with Crippen molar-refractivity contribution >= 4 is 15.9 Å². The Bertz CT molecular complexity index is 982. The Hall–Kier alpha value is -2.43. The lowest BCUT2D eigenvalue weighted by atomic mass is 10.2. The molecule has 2 N–H and O–H groups in total. The second-order valence-corrected chi connectivity index (χ2v) is 8.91. The molecule has 1 heterocycles. The Morgan fingerprint density at radius 3 is 2.53 bits per heavy atom. The number of carbonyl (C=O) groups is 1. The molecule has 30 heavy (non-hydrogen) atoms. The van der Waals surface area contributed by atoms with E-state index < -0.39 is 34.7 Å². The fraction of sp³-hybridized carbons (Fsp3) is 0.350. The van der Waals surface area contributed by atoms with E-state index in [9.17, 15) is 26.4 Å². The van der Waals surface area contributed by atoms with Crippen LogP contribution in [0.15, 0.2) is 59.5 Å². The average Bonchev–Trinajstić information content (AvgIpc) is 3.12. The highest BCUT2D eigenvalue weighted by molar-refractivity contribution is 7.89. The van der Waals surface area contributed by atoms with Crippen LogP contribution >= 0.6 is 0 Å². The van der Waals surface area contributed by atoms with E-state index in [1.165, 1.54) is 29.2 Å². The molecule has 6 nitrogen and oxygen atoms in total. The minimum Gasteiger partial charge on any atom is -0.348 e. The van der Waals surface area contributed by atoms with Gasteiger partial charge in [0, 0.05) is 31.2 Å². The second kappa shape index (κ2) is 9.15. The van der Waals surface area contributed by atoms with E-state index in [4.69, 9.17) is 0 Å². The number of hydrogen-bond donors (Lipinski definition) is 2. The Balaban J connectivity index is 1.61. The molecule has 0 saturated carbocycles. The maximum absolute atomic E-state index is 12.5. The van der Waals surface area contributed by atoms with Gasteiger partial charge in [0.25, 0.3) is 5.91 Å². The minimum atomic E-state index is -4.28. The molecule has 10 heteroatoms. The fourth-order valence-electron chi connectivity index (χ4n) is 3.28. The third kappa shape index (κ3) is 6.28. The molecule has 1 amide bonds. The van der Waals surface area contributed by atoms with E-state index in [2.05, 4.69) is 10.0 Å². The molecule has 2 aromatic carbocycles. The highest BCUT2D eigenvalue weighted by Crippen LogP contribution is 2.20. The quantitative estimate of drug-likeness (QED) is 0.692. The van der Waals surface area contributed by atoms with E-state index in [0.717, 1.165) is 5.56 Å². The molecule has 1 saturated heterocycles. The number of halogens is 3. The molecule has 2 aromatic rings. The number of sulfonamides is 1. The largest absolute Gasteiger partial charge is 0.401 e. The van der Waals surface area contributed by atoms with Crippen LogP contribution in [0.25, 0.3) is 0 Å². The topological polar surface area (TPSA) is 78.5 Å². The lowest BCUT2D eigenvalue weighted by Gasteiger charge is -2.18. The van der Waals surface area contributed by atoms with Gasteiger partial charge in [-0.2, -0.15) is 13.2 Å². The highest BCUT2D eigenvalue weighted by Gasteiger charge is 2.34. The smallest absolute Gasteiger partial charge is 0.348 e. The summed E-state index contributed by atoms with van der Waals surface area (Å²) in [4.78, 5) is 13.7. The zero-order chi connectivity index (χ0) is 21.8. The molecule has 0 radical (unpaired) electrons. The summed E-state index contributed by atoms with van der Waals surface area (Å²) < 4.78 is 65.1. The van der Waals surface area contributed by atoms with Gasteiger partial charge in [0.2, 0.25) is 10.0 Å². The molecule has 1 fully saturated rings. The highest BCUT2D eigenvalue weighted by atomic mass is 32.2. The first-order valence-corrected chi connectivity index (χ1v) is 10.8. The van der Waals surface area contributed by atoms with Crippen LogP contribution in [-0.2, 0) is 16.6 Å². The van der Waals surface area contributed by atoms with E-state index in [0.29, 0.717) is 6.42 Å². The van der Waals surface area contributed by atoms with Gasteiger partial charge in [-0.15, -0.1) is 0 Å². The van der Waals surface area contributed by atoms with Crippen LogP contribution in [0.4, 0.5) is 13.2 Å². The number of carbonyl (C=O) groups excluding carboxylic acids is 1. The first kappa shape index (κ1) is 22.3. The van der Waals surface area contributed by atoms with Gasteiger partial charge in [0.05, 0.1) is 11.4 Å². The van der Waals surface area contributed by atoms with Crippen molar-refractivity contribution in [2.75, 3.05) is 19.6 Å². The van der Waals surface area contributed by atoms with Crippen LogP contribution in [0.2, 0.25) is 0 Å². The number of hydrogen-bond acceptors (Lipinski definition) is 4. The van der Waals surface area contributed by atoms with E-state index in [1.54, 1.807) is 24.3 Å². The lowest BCUT2D eigenvalue weighted by molar-refractivity contribution is -0.143. The second-order valence-electron chi connectivity index (χ2n) is 7.15.